The van der Waals surface area contributed by atoms with E-state index >= 15 is 0 Å². The Kier molecular flexibility index (Phi) is 10.3. The maximum atomic E-state index is 12.1. The van der Waals surface area contributed by atoms with Crippen molar-refractivity contribution in [2.24, 2.45) is 10.9 Å². The van der Waals surface area contributed by atoms with Crippen molar-refractivity contribution in [1.29, 1.82) is 0 Å². The van der Waals surface area contributed by atoms with Gasteiger partial charge in [0.2, 0.25) is 5.91 Å². The number of amides is 1. The largest absolute Gasteiger partial charge is 0.379 e. The van der Waals surface area contributed by atoms with Crippen molar-refractivity contribution in [3.8, 4) is 0 Å². The van der Waals surface area contributed by atoms with Crippen LogP contribution in [0.2, 0.25) is 0 Å². The van der Waals surface area contributed by atoms with Crippen molar-refractivity contribution >= 4 is 41.5 Å². The maximum absolute atomic E-state index is 12.1. The molecule has 0 spiro atoms. The summed E-state index contributed by atoms with van der Waals surface area (Å²) in [5, 5.41) is 6.49. The molecule has 1 aromatic carbocycles. The summed E-state index contributed by atoms with van der Waals surface area (Å²) >= 11 is 0. The second-order valence-corrected chi connectivity index (χ2v) is 7.94. The summed E-state index contributed by atoms with van der Waals surface area (Å²) < 4.78 is 5.48. The van der Waals surface area contributed by atoms with Crippen LogP contribution in [0.15, 0.2) is 29.3 Å². The van der Waals surface area contributed by atoms with Gasteiger partial charge in [-0.3, -0.25) is 14.7 Å². The Morgan fingerprint density at radius 1 is 1.30 bits per heavy atom. The van der Waals surface area contributed by atoms with Gasteiger partial charge in [0.25, 0.3) is 0 Å². The number of guanidine groups is 1. The second kappa shape index (κ2) is 12.5. The first-order valence-electron chi connectivity index (χ1n) is 10.8. The van der Waals surface area contributed by atoms with Crippen LogP contribution >= 0.6 is 24.0 Å². The van der Waals surface area contributed by atoms with E-state index in [2.05, 4.69) is 31.5 Å². The maximum Gasteiger partial charge on any atom is 0.227 e. The van der Waals surface area contributed by atoms with Crippen molar-refractivity contribution in [3.05, 3.63) is 29.8 Å². The number of likely N-dealkylation sites (tertiary alicyclic amines) is 1. The van der Waals surface area contributed by atoms with E-state index in [1.165, 1.54) is 0 Å². The number of carbonyl (C=O) groups excluding carboxylic acids is 1. The summed E-state index contributed by atoms with van der Waals surface area (Å²) in [7, 11) is 1.84. The van der Waals surface area contributed by atoms with Crippen molar-refractivity contribution < 1.29 is 9.53 Å². The Labute approximate surface area is 197 Å². The van der Waals surface area contributed by atoms with Gasteiger partial charge < -0.3 is 20.3 Å². The first-order chi connectivity index (χ1) is 14.1. The highest BCUT2D eigenvalue weighted by Gasteiger charge is 2.30. The fourth-order valence-electron chi connectivity index (χ4n) is 3.90. The van der Waals surface area contributed by atoms with E-state index in [-0.39, 0.29) is 35.8 Å². The second-order valence-electron chi connectivity index (χ2n) is 7.94. The highest BCUT2D eigenvalue weighted by Crippen LogP contribution is 2.18. The van der Waals surface area contributed by atoms with E-state index in [0.717, 1.165) is 69.4 Å². The predicted molar refractivity (Wildman–Crippen MR) is 133 cm³/mol. The number of hydrogen-bond donors (Lipinski definition) is 2. The van der Waals surface area contributed by atoms with Gasteiger partial charge in [0.1, 0.15) is 0 Å². The molecular weight excluding hydrogens is 493 g/mol. The number of nitrogens with one attached hydrogen (secondary N) is 2. The zero-order valence-electron chi connectivity index (χ0n) is 18.4. The molecule has 30 heavy (non-hydrogen) atoms. The van der Waals surface area contributed by atoms with Gasteiger partial charge in [-0.25, -0.2) is 0 Å². The van der Waals surface area contributed by atoms with Gasteiger partial charge in [-0.1, -0.05) is 26.0 Å². The number of halogens is 1. The fraction of sp³-hybridized carbons (Fsp3) is 0.636. The van der Waals surface area contributed by atoms with Gasteiger partial charge in [0.15, 0.2) is 5.96 Å². The van der Waals surface area contributed by atoms with E-state index < -0.39 is 0 Å². The molecule has 0 aliphatic carbocycles. The van der Waals surface area contributed by atoms with Gasteiger partial charge >= 0.3 is 0 Å². The Balaban J connectivity index is 0.00000320. The molecule has 2 saturated heterocycles. The normalized spacial score (nSPS) is 21.1. The lowest BCUT2D eigenvalue weighted by Gasteiger charge is -2.32. The minimum atomic E-state index is 0. The molecule has 2 aliphatic heterocycles. The lowest BCUT2D eigenvalue weighted by molar-refractivity contribution is -0.119. The fourth-order valence-corrected chi connectivity index (χ4v) is 3.90. The van der Waals surface area contributed by atoms with Crippen molar-refractivity contribution in [2.75, 3.05) is 51.8 Å². The average molecular weight is 529 g/mol. The lowest BCUT2D eigenvalue weighted by atomic mass is 10.1. The van der Waals surface area contributed by atoms with E-state index in [4.69, 9.17) is 4.74 Å². The first kappa shape index (κ1) is 24.9. The third-order valence-corrected chi connectivity index (χ3v) is 5.94. The molecule has 2 aliphatic rings. The van der Waals surface area contributed by atoms with Crippen LogP contribution in [-0.4, -0.2) is 74.1 Å². The van der Waals surface area contributed by atoms with Crippen LogP contribution in [0, 0.1) is 5.92 Å². The average Bonchev–Trinajstić information content (AvgIpc) is 3.24. The Bertz CT molecular complexity index is 709. The summed E-state index contributed by atoms with van der Waals surface area (Å²) in [4.78, 5) is 21.5. The number of nitrogens with zero attached hydrogens (tertiary/aromatic N) is 3. The molecule has 3 rings (SSSR count). The highest BCUT2D eigenvalue weighted by atomic mass is 127. The number of carbonyl (C=O) groups is 1. The number of ether oxygens (including phenoxy) is 1. The zero-order valence-corrected chi connectivity index (χ0v) is 20.7. The van der Waals surface area contributed by atoms with E-state index in [9.17, 15) is 4.79 Å². The van der Waals surface area contributed by atoms with Crippen LogP contribution in [0.5, 0.6) is 0 Å². The van der Waals surface area contributed by atoms with Crippen molar-refractivity contribution in [2.45, 2.75) is 39.3 Å². The minimum absolute atomic E-state index is 0. The predicted octanol–water partition coefficient (Wildman–Crippen LogP) is 2.77. The number of rotatable bonds is 6. The standard InChI is InChI=1S/C22H35N5O2.HI/c1-4-17(2)21(28)25-19-7-5-6-18(14-19)15-24-22(23-3)27-9-8-20(16-27)26-10-12-29-13-11-26;/h5-7,14,17,20H,4,8-13,15-16H2,1-3H3,(H,23,24)(H,25,28);1H. The summed E-state index contributed by atoms with van der Waals surface area (Å²) in [6.07, 6.45) is 2.00. The molecule has 2 fully saturated rings. The molecule has 0 radical (unpaired) electrons. The third kappa shape index (κ3) is 6.81. The van der Waals surface area contributed by atoms with Gasteiger partial charge in [-0.15, -0.1) is 24.0 Å². The van der Waals surface area contributed by atoms with Gasteiger partial charge in [0, 0.05) is 57.4 Å². The monoisotopic (exact) mass is 529 g/mol. The molecule has 2 N–H and O–H groups in total. The van der Waals surface area contributed by atoms with Gasteiger partial charge in [0.05, 0.1) is 13.2 Å². The minimum Gasteiger partial charge on any atom is -0.379 e. The molecular formula is C22H36IN5O2. The van der Waals surface area contributed by atoms with Crippen LogP contribution < -0.4 is 10.6 Å². The first-order valence-corrected chi connectivity index (χ1v) is 10.8. The zero-order chi connectivity index (χ0) is 20.6. The van der Waals surface area contributed by atoms with Crippen LogP contribution in [0.1, 0.15) is 32.3 Å². The Hall–Kier alpha value is -1.39. The summed E-state index contributed by atoms with van der Waals surface area (Å²) in [5.41, 5.74) is 1.97. The number of benzene rings is 1. The van der Waals surface area contributed by atoms with Gasteiger partial charge in [-0.2, -0.15) is 0 Å². The molecule has 2 heterocycles. The number of aliphatic imine (C=N–C) groups is 1. The topological polar surface area (TPSA) is 69.2 Å². The van der Waals surface area contributed by atoms with Crippen molar-refractivity contribution in [1.82, 2.24) is 15.1 Å². The highest BCUT2D eigenvalue weighted by molar-refractivity contribution is 14.0. The van der Waals surface area contributed by atoms with E-state index in [0.29, 0.717) is 12.6 Å². The molecule has 7 nitrogen and oxygen atoms in total. The molecule has 0 aromatic heterocycles. The quantitative estimate of drug-likeness (QED) is 0.337. The van der Waals surface area contributed by atoms with Crippen LogP contribution in [0.4, 0.5) is 5.69 Å². The Morgan fingerprint density at radius 2 is 2.07 bits per heavy atom. The number of anilines is 1. The van der Waals surface area contributed by atoms with Crippen molar-refractivity contribution in [3.63, 3.8) is 0 Å². The molecule has 8 heteroatoms. The molecule has 0 bridgehead atoms. The molecule has 0 saturated carbocycles. The van der Waals surface area contributed by atoms with E-state index in [1.54, 1.807) is 0 Å². The molecule has 1 aromatic rings. The number of hydrogen-bond acceptors (Lipinski definition) is 4. The number of morpholine rings is 1. The summed E-state index contributed by atoms with van der Waals surface area (Å²) in [5.74, 6) is 1.03. The smallest absolute Gasteiger partial charge is 0.227 e. The summed E-state index contributed by atoms with van der Waals surface area (Å²) in [6, 6.07) is 8.60. The Morgan fingerprint density at radius 3 is 2.77 bits per heavy atom. The van der Waals surface area contributed by atoms with Crippen LogP contribution in [-0.2, 0) is 16.1 Å². The molecule has 168 valence electrons. The SMILES string of the molecule is CCC(C)C(=O)Nc1cccc(CNC(=NC)N2CCC(N3CCOCC3)C2)c1.I. The van der Waals surface area contributed by atoms with Crippen LogP contribution in [0.3, 0.4) is 0 Å². The van der Waals surface area contributed by atoms with Gasteiger partial charge in [-0.05, 0) is 30.5 Å². The van der Waals surface area contributed by atoms with E-state index in [1.807, 2.05) is 39.1 Å². The molecule has 2 atom stereocenters. The van der Waals surface area contributed by atoms with Crippen LogP contribution in [0.25, 0.3) is 0 Å². The molecule has 1 amide bonds. The summed E-state index contributed by atoms with van der Waals surface area (Å²) in [6.45, 7) is 10.4. The lowest BCUT2D eigenvalue weighted by Crippen LogP contribution is -2.46. The third-order valence-electron chi connectivity index (χ3n) is 5.94. The molecule has 2 unspecified atom stereocenters.